The summed E-state index contributed by atoms with van der Waals surface area (Å²) in [5.41, 5.74) is 4.09. The summed E-state index contributed by atoms with van der Waals surface area (Å²) in [6, 6.07) is 9.15. The predicted octanol–water partition coefficient (Wildman–Crippen LogP) is 5.24. The van der Waals surface area contributed by atoms with Crippen molar-refractivity contribution < 1.29 is 32.2 Å². The van der Waals surface area contributed by atoms with Gasteiger partial charge in [0.1, 0.15) is 5.75 Å². The number of halogens is 3. The third kappa shape index (κ3) is 5.25. The Bertz CT molecular complexity index is 1110. The molecule has 0 spiro atoms. The maximum atomic E-state index is 13.9. The number of benzene rings is 2. The van der Waals surface area contributed by atoms with E-state index in [1.165, 1.54) is 13.2 Å². The number of methoxy groups -OCH3 is 1. The van der Waals surface area contributed by atoms with Crippen LogP contribution in [0, 0.1) is 0 Å². The highest BCUT2D eigenvalue weighted by molar-refractivity contribution is 5.71. The van der Waals surface area contributed by atoms with Gasteiger partial charge in [0.25, 0.3) is 0 Å². The highest BCUT2D eigenvalue weighted by atomic mass is 19.4. The molecule has 5 nitrogen and oxygen atoms in total. The quantitative estimate of drug-likeness (QED) is 0.484. The number of hydrogen-bond acceptors (Lipinski definition) is 5. The zero-order valence-corrected chi connectivity index (χ0v) is 20.5. The number of rotatable bonds is 7. The Labute approximate surface area is 209 Å². The Morgan fingerprint density at radius 3 is 2.64 bits per heavy atom. The second kappa shape index (κ2) is 10.4. The molecule has 0 bridgehead atoms. The lowest BCUT2D eigenvalue weighted by molar-refractivity contribution is -0.141. The van der Waals surface area contributed by atoms with Crippen LogP contribution in [0.4, 0.5) is 13.2 Å². The molecule has 3 aliphatic rings. The smallest absolute Gasteiger partial charge is 0.416 e. The first-order chi connectivity index (χ1) is 17.3. The lowest BCUT2D eigenvalue weighted by atomic mass is 9.90. The van der Waals surface area contributed by atoms with Gasteiger partial charge in [0.15, 0.2) is 0 Å². The molecule has 1 saturated heterocycles. The highest BCUT2D eigenvalue weighted by Crippen LogP contribution is 2.44. The SMILES string of the molecule is COC(=O)CC1COc2cc(CCC3CCc4c3ccc(C(F)(F)F)c4CN3CCOCC3)ccc21. The van der Waals surface area contributed by atoms with Crippen LogP contribution in [-0.4, -0.2) is 50.9 Å². The monoisotopic (exact) mass is 503 g/mol. The van der Waals surface area contributed by atoms with E-state index < -0.39 is 11.7 Å². The van der Waals surface area contributed by atoms with E-state index in [2.05, 4.69) is 11.0 Å². The van der Waals surface area contributed by atoms with Gasteiger partial charge in [0.2, 0.25) is 0 Å². The fourth-order valence-electron chi connectivity index (χ4n) is 5.86. The standard InChI is InChI=1S/C28H32F3NO4/c1-34-27(33)15-20-17-36-26-14-18(3-6-22(20)26)2-4-19-5-7-23-21(19)8-9-25(28(29,30)31)24(23)16-32-10-12-35-13-11-32/h3,6,8-9,14,19-20H,2,4-5,7,10-13,15-17H2,1H3. The molecule has 1 aliphatic carbocycles. The topological polar surface area (TPSA) is 48.0 Å². The van der Waals surface area contributed by atoms with Crippen molar-refractivity contribution in [2.24, 2.45) is 0 Å². The van der Waals surface area contributed by atoms with E-state index >= 15 is 0 Å². The van der Waals surface area contributed by atoms with Crippen LogP contribution in [0.1, 0.15) is 64.5 Å². The molecule has 0 radical (unpaired) electrons. The van der Waals surface area contributed by atoms with Crippen LogP contribution in [0.3, 0.4) is 0 Å². The van der Waals surface area contributed by atoms with Crippen molar-refractivity contribution in [3.8, 4) is 5.75 Å². The molecule has 0 aromatic heterocycles. The minimum absolute atomic E-state index is 0.0101. The van der Waals surface area contributed by atoms with Crippen LogP contribution >= 0.6 is 0 Å². The normalized spacial score (nSPS) is 21.7. The number of esters is 1. The average Bonchev–Trinajstić information content (AvgIpc) is 3.46. The van der Waals surface area contributed by atoms with Crippen molar-refractivity contribution in [1.82, 2.24) is 4.90 Å². The van der Waals surface area contributed by atoms with E-state index in [1.807, 2.05) is 12.1 Å². The molecular formula is C28H32F3NO4. The largest absolute Gasteiger partial charge is 0.493 e. The molecule has 2 atom stereocenters. The zero-order chi connectivity index (χ0) is 25.3. The average molecular weight is 504 g/mol. The van der Waals surface area contributed by atoms with Crippen LogP contribution in [0.5, 0.6) is 5.75 Å². The molecule has 2 unspecified atom stereocenters. The van der Waals surface area contributed by atoms with E-state index in [-0.39, 0.29) is 17.8 Å². The summed E-state index contributed by atoms with van der Waals surface area (Å²) in [5.74, 6) is 0.820. The molecule has 2 aromatic carbocycles. The molecule has 1 fully saturated rings. The minimum atomic E-state index is -4.36. The zero-order valence-electron chi connectivity index (χ0n) is 20.5. The van der Waals surface area contributed by atoms with Gasteiger partial charge in [-0.05, 0) is 66.0 Å². The van der Waals surface area contributed by atoms with Crippen molar-refractivity contribution in [3.63, 3.8) is 0 Å². The summed E-state index contributed by atoms with van der Waals surface area (Å²) in [6.45, 7) is 3.23. The van der Waals surface area contributed by atoms with Crippen molar-refractivity contribution >= 4 is 5.97 Å². The number of carbonyl (C=O) groups is 1. The van der Waals surface area contributed by atoms with E-state index in [9.17, 15) is 18.0 Å². The number of ether oxygens (including phenoxy) is 3. The second-order valence-electron chi connectivity index (χ2n) is 9.98. The number of nitrogens with zero attached hydrogens (tertiary/aromatic N) is 1. The predicted molar refractivity (Wildman–Crippen MR) is 128 cm³/mol. The van der Waals surface area contributed by atoms with Gasteiger partial charge in [-0.2, -0.15) is 13.2 Å². The molecule has 8 heteroatoms. The van der Waals surface area contributed by atoms with E-state index in [0.717, 1.165) is 47.3 Å². The molecule has 194 valence electrons. The minimum Gasteiger partial charge on any atom is -0.493 e. The Hall–Kier alpha value is -2.58. The number of morpholine rings is 1. The van der Waals surface area contributed by atoms with Crippen LogP contribution in [-0.2, 0) is 39.8 Å². The van der Waals surface area contributed by atoms with Gasteiger partial charge < -0.3 is 14.2 Å². The number of aryl methyl sites for hydroxylation is 1. The van der Waals surface area contributed by atoms with Gasteiger partial charge in [0, 0.05) is 31.1 Å². The fourth-order valence-corrected chi connectivity index (χ4v) is 5.86. The number of carbonyl (C=O) groups excluding carboxylic acids is 1. The summed E-state index contributed by atoms with van der Waals surface area (Å²) in [5, 5.41) is 0. The van der Waals surface area contributed by atoms with Crippen LogP contribution in [0.2, 0.25) is 0 Å². The molecule has 5 rings (SSSR count). The summed E-state index contributed by atoms with van der Waals surface area (Å²) >= 11 is 0. The fraction of sp³-hybridized carbons (Fsp3) is 0.536. The molecule has 0 N–H and O–H groups in total. The molecule has 2 aliphatic heterocycles. The van der Waals surface area contributed by atoms with Gasteiger partial charge in [-0.3, -0.25) is 9.69 Å². The van der Waals surface area contributed by atoms with Gasteiger partial charge >= 0.3 is 12.1 Å². The first kappa shape index (κ1) is 25.1. The van der Waals surface area contributed by atoms with Crippen molar-refractivity contribution in [2.45, 2.75) is 56.7 Å². The Morgan fingerprint density at radius 1 is 1.11 bits per heavy atom. The van der Waals surface area contributed by atoms with Crippen molar-refractivity contribution in [2.75, 3.05) is 40.0 Å². The third-order valence-electron chi connectivity index (χ3n) is 7.82. The molecule has 0 saturated carbocycles. The van der Waals surface area contributed by atoms with Crippen LogP contribution in [0.15, 0.2) is 30.3 Å². The van der Waals surface area contributed by atoms with Crippen LogP contribution in [0.25, 0.3) is 0 Å². The Kier molecular flexibility index (Phi) is 7.26. The molecular weight excluding hydrogens is 471 g/mol. The maximum absolute atomic E-state index is 13.9. The lowest BCUT2D eigenvalue weighted by Gasteiger charge is -2.29. The third-order valence-corrected chi connectivity index (χ3v) is 7.82. The number of alkyl halides is 3. The summed E-state index contributed by atoms with van der Waals surface area (Å²) in [7, 11) is 1.39. The molecule has 2 aromatic rings. The lowest BCUT2D eigenvalue weighted by Crippen LogP contribution is -2.36. The van der Waals surface area contributed by atoms with Crippen LogP contribution < -0.4 is 4.74 Å². The first-order valence-corrected chi connectivity index (χ1v) is 12.7. The van der Waals surface area contributed by atoms with Gasteiger partial charge in [0.05, 0.1) is 38.9 Å². The molecule has 0 amide bonds. The highest BCUT2D eigenvalue weighted by Gasteiger charge is 2.37. The Balaban J connectivity index is 1.30. The van der Waals surface area contributed by atoms with Gasteiger partial charge in [-0.25, -0.2) is 0 Å². The van der Waals surface area contributed by atoms with Crippen molar-refractivity contribution in [3.05, 3.63) is 63.7 Å². The molecule has 2 heterocycles. The maximum Gasteiger partial charge on any atom is 0.416 e. The summed E-state index contributed by atoms with van der Waals surface area (Å²) < 4.78 is 57.6. The van der Waals surface area contributed by atoms with Gasteiger partial charge in [-0.1, -0.05) is 18.2 Å². The van der Waals surface area contributed by atoms with E-state index in [0.29, 0.717) is 57.9 Å². The van der Waals surface area contributed by atoms with Gasteiger partial charge in [-0.15, -0.1) is 0 Å². The van der Waals surface area contributed by atoms with Crippen molar-refractivity contribution in [1.29, 1.82) is 0 Å². The second-order valence-corrected chi connectivity index (χ2v) is 9.98. The first-order valence-electron chi connectivity index (χ1n) is 12.7. The summed E-state index contributed by atoms with van der Waals surface area (Å²) in [4.78, 5) is 13.7. The number of hydrogen-bond donors (Lipinski definition) is 0. The van der Waals surface area contributed by atoms with E-state index in [1.54, 1.807) is 6.07 Å². The number of fused-ring (bicyclic) bond motifs is 2. The van der Waals surface area contributed by atoms with E-state index in [4.69, 9.17) is 14.2 Å². The summed E-state index contributed by atoms with van der Waals surface area (Å²) in [6.07, 6.45) is -0.803. The Morgan fingerprint density at radius 2 is 1.89 bits per heavy atom. The molecule has 36 heavy (non-hydrogen) atoms.